The van der Waals surface area contributed by atoms with Crippen molar-refractivity contribution in [2.45, 2.75) is 19.4 Å². The Balaban J connectivity index is 1.85. The molecule has 1 aromatic carbocycles. The van der Waals surface area contributed by atoms with Crippen molar-refractivity contribution < 1.29 is 9.84 Å². The molecule has 0 radical (unpaired) electrons. The number of ether oxygens (including phenoxy) is 1. The fourth-order valence-electron chi connectivity index (χ4n) is 2.17. The third-order valence-electron chi connectivity index (χ3n) is 3.44. The predicted molar refractivity (Wildman–Crippen MR) is 90.3 cm³/mol. The third-order valence-corrected chi connectivity index (χ3v) is 3.69. The molecule has 2 heterocycles. The van der Waals surface area contributed by atoms with Gasteiger partial charge in [0.15, 0.2) is 11.5 Å². The number of fused-ring (bicyclic) bond motifs is 1. The van der Waals surface area contributed by atoms with Crippen LogP contribution in [-0.2, 0) is 0 Å². The Morgan fingerprint density at radius 1 is 1.26 bits per heavy atom. The molecular formula is C15H16ClN5O2. The maximum atomic E-state index is 9.91. The van der Waals surface area contributed by atoms with Crippen molar-refractivity contribution in [2.75, 3.05) is 6.61 Å². The van der Waals surface area contributed by atoms with Crippen molar-refractivity contribution in [3.63, 3.8) is 0 Å². The molecule has 0 amide bonds. The lowest BCUT2D eigenvalue weighted by atomic mass is 9.97. The van der Waals surface area contributed by atoms with Gasteiger partial charge in [0.05, 0.1) is 11.3 Å². The van der Waals surface area contributed by atoms with Crippen molar-refractivity contribution in [1.82, 2.24) is 5.32 Å². The first-order chi connectivity index (χ1) is 10.8. The quantitative estimate of drug-likeness (QED) is 0.786. The summed E-state index contributed by atoms with van der Waals surface area (Å²) in [5, 5.41) is 13.3. The Hall–Kier alpha value is -2.54. The van der Waals surface area contributed by atoms with Crippen molar-refractivity contribution in [3.8, 4) is 5.75 Å². The van der Waals surface area contributed by atoms with Crippen molar-refractivity contribution in [2.24, 2.45) is 20.7 Å². The maximum Gasteiger partial charge on any atom is 0.244 e. The molecule has 0 fully saturated rings. The number of nitrogens with one attached hydrogen (secondary N) is 1. The summed E-state index contributed by atoms with van der Waals surface area (Å²) in [5.74, 6) is 0.886. The summed E-state index contributed by atoms with van der Waals surface area (Å²) in [4.78, 5) is 12.7. The number of hydrogen-bond acceptors (Lipinski definition) is 7. The second-order valence-electron chi connectivity index (χ2n) is 5.61. The molecule has 0 unspecified atom stereocenters. The number of halogens is 1. The van der Waals surface area contributed by atoms with Gasteiger partial charge in [-0.2, -0.15) is 4.99 Å². The summed E-state index contributed by atoms with van der Waals surface area (Å²) >= 11 is 5.85. The zero-order valence-electron chi connectivity index (χ0n) is 12.7. The Labute approximate surface area is 138 Å². The monoisotopic (exact) mass is 333 g/mol. The Kier molecular flexibility index (Phi) is 3.73. The molecular weight excluding hydrogens is 318 g/mol. The smallest absolute Gasteiger partial charge is 0.244 e. The molecule has 4 N–H and O–H groups in total. The lowest BCUT2D eigenvalue weighted by molar-refractivity contribution is 0.366. The van der Waals surface area contributed by atoms with Crippen LogP contribution in [0.4, 0.5) is 0 Å². The van der Waals surface area contributed by atoms with Crippen LogP contribution in [-0.4, -0.2) is 34.8 Å². The van der Waals surface area contributed by atoms with E-state index >= 15 is 0 Å². The minimum Gasteiger partial charge on any atom is -0.492 e. The van der Waals surface area contributed by atoms with Crippen LogP contribution in [0.2, 0.25) is 5.02 Å². The van der Waals surface area contributed by atoms with E-state index in [1.165, 1.54) is 0 Å². The van der Waals surface area contributed by atoms with E-state index in [9.17, 15) is 5.11 Å². The zero-order valence-corrected chi connectivity index (χ0v) is 13.4. The molecule has 3 rings (SSSR count). The molecule has 120 valence electrons. The number of hydrogen-bond donors (Lipinski definition) is 3. The van der Waals surface area contributed by atoms with Gasteiger partial charge in [-0.25, -0.2) is 4.99 Å². The lowest BCUT2D eigenvalue weighted by Crippen LogP contribution is -2.47. The third kappa shape index (κ3) is 3.14. The second-order valence-corrected chi connectivity index (χ2v) is 6.05. The zero-order chi connectivity index (χ0) is 16.6. The summed E-state index contributed by atoms with van der Waals surface area (Å²) < 4.78 is 5.73. The van der Waals surface area contributed by atoms with Gasteiger partial charge in [-0.15, -0.1) is 0 Å². The summed E-state index contributed by atoms with van der Waals surface area (Å²) in [6, 6.07) is 7.05. The Bertz CT molecular complexity index is 763. The van der Waals surface area contributed by atoms with Crippen LogP contribution in [0.25, 0.3) is 0 Å². The van der Waals surface area contributed by atoms with Gasteiger partial charge in [-0.05, 0) is 38.1 Å². The van der Waals surface area contributed by atoms with E-state index in [0.717, 1.165) is 0 Å². The number of aliphatic hydroxyl groups excluding tert-OH is 1. The Morgan fingerprint density at radius 3 is 2.65 bits per heavy atom. The summed E-state index contributed by atoms with van der Waals surface area (Å²) in [6.07, 6.45) is 0. The van der Waals surface area contributed by atoms with E-state index in [4.69, 9.17) is 22.1 Å². The molecule has 0 spiro atoms. The van der Waals surface area contributed by atoms with E-state index < -0.39 is 5.54 Å². The van der Waals surface area contributed by atoms with E-state index in [-0.39, 0.29) is 24.1 Å². The SMILES string of the molecule is CC1(C)N=C2NC(N)=NC(O)=C2N=C1COc1ccc(Cl)cc1. The topological polar surface area (TPSA) is 105 Å². The molecule has 23 heavy (non-hydrogen) atoms. The highest BCUT2D eigenvalue weighted by Crippen LogP contribution is 2.25. The van der Waals surface area contributed by atoms with Crippen LogP contribution in [0, 0.1) is 0 Å². The number of amidine groups is 1. The van der Waals surface area contributed by atoms with Gasteiger partial charge in [0.1, 0.15) is 12.4 Å². The highest BCUT2D eigenvalue weighted by Gasteiger charge is 2.34. The average Bonchev–Trinajstić information content (AvgIpc) is 2.46. The largest absolute Gasteiger partial charge is 0.492 e. The number of guanidine groups is 1. The summed E-state index contributed by atoms with van der Waals surface area (Å²) in [6.45, 7) is 4.03. The first-order valence-electron chi connectivity index (χ1n) is 6.96. The van der Waals surface area contributed by atoms with Crippen LogP contribution in [0.1, 0.15) is 13.8 Å². The second kappa shape index (κ2) is 5.58. The molecule has 2 aliphatic rings. The number of aliphatic imine (C=N–C) groups is 3. The molecule has 0 aliphatic carbocycles. The van der Waals surface area contributed by atoms with Gasteiger partial charge >= 0.3 is 0 Å². The molecule has 1 aromatic rings. The molecule has 7 nitrogen and oxygen atoms in total. The summed E-state index contributed by atoms with van der Waals surface area (Å²) in [5.41, 5.74) is 5.90. The summed E-state index contributed by atoms with van der Waals surface area (Å²) in [7, 11) is 0. The van der Waals surface area contributed by atoms with Crippen molar-refractivity contribution >= 4 is 29.1 Å². The van der Waals surface area contributed by atoms with E-state index in [1.54, 1.807) is 24.3 Å². The number of rotatable bonds is 3. The van der Waals surface area contributed by atoms with E-state index in [0.29, 0.717) is 22.3 Å². The highest BCUT2D eigenvalue weighted by molar-refractivity contribution is 6.30. The predicted octanol–water partition coefficient (Wildman–Crippen LogP) is 2.00. The number of nitrogens with two attached hydrogens (primary N) is 1. The fraction of sp³-hybridized carbons (Fsp3) is 0.267. The van der Waals surface area contributed by atoms with E-state index in [1.807, 2.05) is 13.8 Å². The molecule has 0 saturated carbocycles. The van der Waals surface area contributed by atoms with Crippen LogP contribution in [0.5, 0.6) is 5.75 Å². The first-order valence-corrected chi connectivity index (χ1v) is 7.34. The minimum atomic E-state index is -0.601. The standard InChI is InChI=1S/C15H16ClN5O2/c1-15(2)10(7-23-9-5-3-8(16)4-6-9)18-11-12(21-15)19-14(17)20-13(11)22/h3-6H,7H2,1-2H3,(H4,17,19,20,21,22). The van der Waals surface area contributed by atoms with Gasteiger partial charge in [0.25, 0.3) is 0 Å². The van der Waals surface area contributed by atoms with Crippen LogP contribution < -0.4 is 15.8 Å². The first kappa shape index (κ1) is 15.4. The van der Waals surface area contributed by atoms with Crippen LogP contribution in [0.3, 0.4) is 0 Å². The van der Waals surface area contributed by atoms with Gasteiger partial charge in [0, 0.05) is 5.02 Å². The van der Waals surface area contributed by atoms with Gasteiger partial charge in [-0.1, -0.05) is 11.6 Å². The molecule has 0 bridgehead atoms. The molecule has 0 atom stereocenters. The molecule has 0 saturated heterocycles. The number of nitrogens with zero attached hydrogens (tertiary/aromatic N) is 3. The van der Waals surface area contributed by atoms with Gasteiger partial charge in [-0.3, -0.25) is 4.99 Å². The normalized spacial score (nSPS) is 19.2. The fourth-order valence-corrected chi connectivity index (χ4v) is 2.30. The molecule has 8 heteroatoms. The number of aliphatic hydroxyl groups is 1. The van der Waals surface area contributed by atoms with Gasteiger partial charge < -0.3 is 20.9 Å². The van der Waals surface area contributed by atoms with Crippen molar-refractivity contribution in [1.29, 1.82) is 0 Å². The molecule has 0 aromatic heterocycles. The number of benzene rings is 1. The minimum absolute atomic E-state index is 0.0804. The van der Waals surface area contributed by atoms with Crippen molar-refractivity contribution in [3.05, 3.63) is 40.9 Å². The maximum absolute atomic E-state index is 9.91. The van der Waals surface area contributed by atoms with Gasteiger partial charge in [0.2, 0.25) is 11.8 Å². The Morgan fingerprint density at radius 2 is 1.96 bits per heavy atom. The average molecular weight is 334 g/mol. The lowest BCUT2D eigenvalue weighted by Gasteiger charge is -2.30. The van der Waals surface area contributed by atoms with Crippen LogP contribution >= 0.6 is 11.6 Å². The van der Waals surface area contributed by atoms with Crippen LogP contribution in [0.15, 0.2) is 50.8 Å². The highest BCUT2D eigenvalue weighted by atomic mass is 35.5. The molecule has 2 aliphatic heterocycles. The van der Waals surface area contributed by atoms with E-state index in [2.05, 4.69) is 20.3 Å².